The number of nitrogens with one attached hydrogen (secondary N) is 1. The zero-order chi connectivity index (χ0) is 13.7. The summed E-state index contributed by atoms with van der Waals surface area (Å²) in [4.78, 5) is 16.0. The molecule has 5 heteroatoms. The second kappa shape index (κ2) is 6.87. The molecule has 0 spiro atoms. The Hall–Kier alpha value is -1.13. The first-order chi connectivity index (χ1) is 9.20. The molecule has 1 heterocycles. The minimum atomic E-state index is -0.144. The van der Waals surface area contributed by atoms with E-state index in [1.54, 1.807) is 12.1 Å². The van der Waals surface area contributed by atoms with Gasteiger partial charge >= 0.3 is 0 Å². The van der Waals surface area contributed by atoms with Crippen molar-refractivity contribution < 1.29 is 9.90 Å². The van der Waals surface area contributed by atoms with Gasteiger partial charge in [0.25, 0.3) is 5.91 Å². The number of carbonyl (C=O) groups is 1. The molecule has 0 saturated heterocycles. The quantitative estimate of drug-likeness (QED) is 0.661. The number of carbonyl (C=O) groups excluding carboxylic acids is 1. The van der Waals surface area contributed by atoms with Crippen LogP contribution in [0.25, 0.3) is 0 Å². The summed E-state index contributed by atoms with van der Waals surface area (Å²) in [6.07, 6.45) is 6.77. The Balaban J connectivity index is 2.01. The Morgan fingerprint density at radius 1 is 1.37 bits per heavy atom. The predicted molar refractivity (Wildman–Crippen MR) is 74.2 cm³/mol. The van der Waals surface area contributed by atoms with Gasteiger partial charge in [-0.1, -0.05) is 30.9 Å². The highest BCUT2D eigenvalue weighted by molar-refractivity contribution is 6.29. The predicted octanol–water partition coefficient (Wildman–Crippen LogP) is 2.41. The van der Waals surface area contributed by atoms with Gasteiger partial charge in [-0.15, -0.1) is 0 Å². The number of rotatable bonds is 3. The van der Waals surface area contributed by atoms with Gasteiger partial charge in [-0.3, -0.25) is 4.79 Å². The first-order valence-corrected chi connectivity index (χ1v) is 7.12. The summed E-state index contributed by atoms with van der Waals surface area (Å²) in [7, 11) is 0. The highest BCUT2D eigenvalue weighted by Gasteiger charge is 2.24. The Morgan fingerprint density at radius 3 is 2.84 bits per heavy atom. The van der Waals surface area contributed by atoms with Crippen molar-refractivity contribution >= 4 is 17.5 Å². The lowest BCUT2D eigenvalue weighted by atomic mass is 9.95. The van der Waals surface area contributed by atoms with Crippen LogP contribution in [0.3, 0.4) is 0 Å². The average molecular weight is 283 g/mol. The molecular formula is C14H19ClN2O2. The molecule has 0 radical (unpaired) electrons. The van der Waals surface area contributed by atoms with Crippen LogP contribution in [-0.4, -0.2) is 28.6 Å². The third-order valence-corrected chi connectivity index (χ3v) is 3.92. The number of aliphatic hydroxyl groups excluding tert-OH is 1. The van der Waals surface area contributed by atoms with Crippen molar-refractivity contribution in [3.63, 3.8) is 0 Å². The Morgan fingerprint density at radius 2 is 2.16 bits per heavy atom. The van der Waals surface area contributed by atoms with Crippen molar-refractivity contribution in [1.82, 2.24) is 10.3 Å². The fraction of sp³-hybridized carbons (Fsp3) is 0.571. The lowest BCUT2D eigenvalue weighted by Gasteiger charge is -2.24. The number of amides is 1. The maximum atomic E-state index is 12.1. The molecule has 2 atom stereocenters. The van der Waals surface area contributed by atoms with Crippen LogP contribution in [0, 0.1) is 5.92 Å². The van der Waals surface area contributed by atoms with Crippen LogP contribution in [0.15, 0.2) is 18.3 Å². The van der Waals surface area contributed by atoms with E-state index in [4.69, 9.17) is 11.6 Å². The van der Waals surface area contributed by atoms with Crippen molar-refractivity contribution in [3.05, 3.63) is 29.0 Å². The summed E-state index contributed by atoms with van der Waals surface area (Å²) in [6, 6.07) is 3.32. The molecule has 2 unspecified atom stereocenters. The highest BCUT2D eigenvalue weighted by Crippen LogP contribution is 2.23. The average Bonchev–Trinajstić information content (AvgIpc) is 2.64. The second-order valence-corrected chi connectivity index (χ2v) is 5.42. The van der Waals surface area contributed by atoms with Crippen LogP contribution in [0.4, 0.5) is 0 Å². The SMILES string of the molecule is O=C(NC1CCCCCC1CO)c1ccc(Cl)nc1. The molecule has 1 aromatic heterocycles. The van der Waals surface area contributed by atoms with Crippen molar-refractivity contribution in [3.8, 4) is 0 Å². The molecule has 1 aliphatic carbocycles. The van der Waals surface area contributed by atoms with Crippen molar-refractivity contribution in [2.75, 3.05) is 6.61 Å². The van der Waals surface area contributed by atoms with Gasteiger partial charge in [0.1, 0.15) is 5.15 Å². The normalized spacial score (nSPS) is 23.7. The van der Waals surface area contributed by atoms with Gasteiger partial charge in [-0.25, -0.2) is 4.98 Å². The van der Waals surface area contributed by atoms with Crippen molar-refractivity contribution in [2.24, 2.45) is 5.92 Å². The standard InChI is InChI=1S/C14H19ClN2O2/c15-13-7-6-10(8-16-13)14(19)17-12-5-3-1-2-4-11(12)9-18/h6-8,11-12,18H,1-5,9H2,(H,17,19). The minimum Gasteiger partial charge on any atom is -0.396 e. The molecule has 1 aromatic rings. The number of hydrogen-bond donors (Lipinski definition) is 2. The monoisotopic (exact) mass is 282 g/mol. The molecule has 104 valence electrons. The summed E-state index contributed by atoms with van der Waals surface area (Å²) in [5.74, 6) is 0.0150. The van der Waals surface area contributed by atoms with Gasteiger partial charge in [0, 0.05) is 24.8 Å². The van der Waals surface area contributed by atoms with E-state index in [-0.39, 0.29) is 24.5 Å². The summed E-state index contributed by atoms with van der Waals surface area (Å²) in [5, 5.41) is 12.8. The van der Waals surface area contributed by atoms with Crippen LogP contribution in [0.5, 0.6) is 0 Å². The van der Waals surface area contributed by atoms with Crippen LogP contribution in [-0.2, 0) is 0 Å². The Bertz CT molecular complexity index is 422. The zero-order valence-electron chi connectivity index (χ0n) is 10.8. The summed E-state index contributed by atoms with van der Waals surface area (Å²) in [6.45, 7) is 0.129. The van der Waals surface area contributed by atoms with E-state index in [9.17, 15) is 9.90 Å². The summed E-state index contributed by atoms with van der Waals surface area (Å²) in [5.41, 5.74) is 0.505. The number of aliphatic hydroxyl groups is 1. The first kappa shape index (κ1) is 14.3. The third kappa shape index (κ3) is 3.91. The van der Waals surface area contributed by atoms with Gasteiger partial charge in [0.05, 0.1) is 5.56 Å². The topological polar surface area (TPSA) is 62.2 Å². The molecule has 0 aromatic carbocycles. The maximum absolute atomic E-state index is 12.1. The maximum Gasteiger partial charge on any atom is 0.253 e. The zero-order valence-corrected chi connectivity index (χ0v) is 11.6. The van der Waals surface area contributed by atoms with Crippen LogP contribution >= 0.6 is 11.6 Å². The summed E-state index contributed by atoms with van der Waals surface area (Å²) >= 11 is 5.70. The Labute approximate surface area is 118 Å². The minimum absolute atomic E-state index is 0.0516. The second-order valence-electron chi connectivity index (χ2n) is 5.03. The largest absolute Gasteiger partial charge is 0.396 e. The third-order valence-electron chi connectivity index (χ3n) is 3.70. The fourth-order valence-electron chi connectivity index (χ4n) is 2.55. The number of aromatic nitrogens is 1. The molecule has 0 aliphatic heterocycles. The molecule has 0 bridgehead atoms. The molecule has 2 N–H and O–H groups in total. The van der Waals surface area contributed by atoms with E-state index in [2.05, 4.69) is 10.3 Å². The molecule has 1 saturated carbocycles. The van der Waals surface area contributed by atoms with Crippen molar-refractivity contribution in [1.29, 1.82) is 0 Å². The van der Waals surface area contributed by atoms with Gasteiger partial charge in [0.2, 0.25) is 0 Å². The van der Waals surface area contributed by atoms with E-state index in [1.807, 2.05) is 0 Å². The molecule has 1 aliphatic rings. The van der Waals surface area contributed by atoms with Crippen LogP contribution in [0.2, 0.25) is 5.15 Å². The smallest absolute Gasteiger partial charge is 0.253 e. The Kier molecular flexibility index (Phi) is 5.16. The fourth-order valence-corrected chi connectivity index (χ4v) is 2.67. The van der Waals surface area contributed by atoms with Crippen molar-refractivity contribution in [2.45, 2.75) is 38.1 Å². The number of nitrogens with zero attached hydrogens (tertiary/aromatic N) is 1. The van der Waals surface area contributed by atoms with Gasteiger partial charge in [-0.2, -0.15) is 0 Å². The lowest BCUT2D eigenvalue weighted by Crippen LogP contribution is -2.41. The van der Waals surface area contributed by atoms with Gasteiger partial charge in [0.15, 0.2) is 0 Å². The number of halogens is 1. The van der Waals surface area contributed by atoms with E-state index < -0.39 is 0 Å². The molecule has 1 amide bonds. The number of hydrogen-bond acceptors (Lipinski definition) is 3. The van der Waals surface area contributed by atoms with Crippen LogP contribution < -0.4 is 5.32 Å². The van der Waals surface area contributed by atoms with Gasteiger partial charge < -0.3 is 10.4 Å². The van der Waals surface area contributed by atoms with E-state index in [0.29, 0.717) is 10.7 Å². The van der Waals surface area contributed by atoms with E-state index in [0.717, 1.165) is 25.7 Å². The highest BCUT2D eigenvalue weighted by atomic mass is 35.5. The molecule has 19 heavy (non-hydrogen) atoms. The van der Waals surface area contributed by atoms with Gasteiger partial charge in [-0.05, 0) is 25.0 Å². The first-order valence-electron chi connectivity index (χ1n) is 6.74. The summed E-state index contributed by atoms with van der Waals surface area (Å²) < 4.78 is 0. The molecule has 1 fully saturated rings. The van der Waals surface area contributed by atoms with E-state index in [1.165, 1.54) is 12.6 Å². The lowest BCUT2D eigenvalue weighted by molar-refractivity contribution is 0.0899. The molecule has 4 nitrogen and oxygen atoms in total. The molecular weight excluding hydrogens is 264 g/mol. The number of pyridine rings is 1. The van der Waals surface area contributed by atoms with Crippen LogP contribution in [0.1, 0.15) is 42.5 Å². The van der Waals surface area contributed by atoms with E-state index >= 15 is 0 Å². The molecule has 2 rings (SSSR count).